The zero-order valence-corrected chi connectivity index (χ0v) is 11.5. The molecule has 0 spiro atoms. The van der Waals surface area contributed by atoms with Crippen LogP contribution in [0.2, 0.25) is 0 Å². The molecule has 2 aromatic rings. The molecule has 0 radical (unpaired) electrons. The first-order valence-electron chi connectivity index (χ1n) is 6.93. The standard InChI is InChI=1S/C17H18FNO/c1-20-17-5-3-2-4-15(17)14-9-6-12(10-16(14)18)11-19-13-7-8-13/h2-6,9-10,13,19H,7-8,11H2,1H3. The normalized spacial score (nSPS) is 14.3. The van der Waals surface area contributed by atoms with E-state index in [4.69, 9.17) is 4.74 Å². The van der Waals surface area contributed by atoms with Crippen molar-refractivity contribution in [2.24, 2.45) is 0 Å². The van der Waals surface area contributed by atoms with Crippen molar-refractivity contribution in [1.29, 1.82) is 0 Å². The number of hydrogen-bond acceptors (Lipinski definition) is 2. The van der Waals surface area contributed by atoms with Gasteiger partial charge in [-0.05, 0) is 30.5 Å². The molecule has 2 nitrogen and oxygen atoms in total. The fourth-order valence-electron chi connectivity index (χ4n) is 2.30. The van der Waals surface area contributed by atoms with Gasteiger partial charge in [0.05, 0.1) is 7.11 Å². The molecule has 0 amide bonds. The maximum absolute atomic E-state index is 14.3. The van der Waals surface area contributed by atoms with Gasteiger partial charge in [-0.15, -0.1) is 0 Å². The number of hydrogen-bond donors (Lipinski definition) is 1. The molecule has 104 valence electrons. The molecule has 0 saturated heterocycles. The molecule has 1 saturated carbocycles. The van der Waals surface area contributed by atoms with Crippen LogP contribution in [0.5, 0.6) is 5.75 Å². The Morgan fingerprint density at radius 2 is 1.95 bits per heavy atom. The van der Waals surface area contributed by atoms with Gasteiger partial charge >= 0.3 is 0 Å². The number of benzene rings is 2. The first kappa shape index (κ1) is 13.1. The van der Waals surface area contributed by atoms with Crippen molar-refractivity contribution in [2.75, 3.05) is 7.11 Å². The summed E-state index contributed by atoms with van der Waals surface area (Å²) < 4.78 is 19.6. The van der Waals surface area contributed by atoms with Crippen LogP contribution in [-0.2, 0) is 6.54 Å². The molecule has 0 aliphatic heterocycles. The molecule has 1 N–H and O–H groups in total. The van der Waals surface area contributed by atoms with Crippen molar-refractivity contribution >= 4 is 0 Å². The lowest BCUT2D eigenvalue weighted by Gasteiger charge is -2.11. The lowest BCUT2D eigenvalue weighted by Crippen LogP contribution is -2.15. The zero-order valence-electron chi connectivity index (χ0n) is 11.5. The quantitative estimate of drug-likeness (QED) is 0.894. The Hall–Kier alpha value is -1.87. The van der Waals surface area contributed by atoms with E-state index in [2.05, 4.69) is 5.32 Å². The minimum atomic E-state index is -0.204. The van der Waals surface area contributed by atoms with Crippen LogP contribution >= 0.6 is 0 Å². The maximum Gasteiger partial charge on any atom is 0.131 e. The van der Waals surface area contributed by atoms with E-state index in [0.29, 0.717) is 17.4 Å². The summed E-state index contributed by atoms with van der Waals surface area (Å²) >= 11 is 0. The second kappa shape index (κ2) is 5.63. The first-order chi connectivity index (χ1) is 9.78. The summed E-state index contributed by atoms with van der Waals surface area (Å²) in [6, 6.07) is 13.5. The minimum absolute atomic E-state index is 0.204. The Balaban J connectivity index is 1.85. The van der Waals surface area contributed by atoms with Gasteiger partial charge in [0, 0.05) is 23.7 Å². The van der Waals surface area contributed by atoms with Crippen LogP contribution in [0.25, 0.3) is 11.1 Å². The molecule has 2 aromatic carbocycles. The Kier molecular flexibility index (Phi) is 3.70. The van der Waals surface area contributed by atoms with E-state index in [0.717, 1.165) is 17.7 Å². The van der Waals surface area contributed by atoms with E-state index in [9.17, 15) is 4.39 Å². The molecule has 3 rings (SSSR count). The first-order valence-corrected chi connectivity index (χ1v) is 6.93. The molecule has 0 aromatic heterocycles. The highest BCUT2D eigenvalue weighted by Gasteiger charge is 2.20. The highest BCUT2D eigenvalue weighted by molar-refractivity contribution is 5.71. The fraction of sp³-hybridized carbons (Fsp3) is 0.294. The van der Waals surface area contributed by atoms with Gasteiger partial charge in [0.1, 0.15) is 11.6 Å². The van der Waals surface area contributed by atoms with Gasteiger partial charge in [-0.3, -0.25) is 0 Å². The summed E-state index contributed by atoms with van der Waals surface area (Å²) in [5.41, 5.74) is 2.35. The Labute approximate surface area is 118 Å². The van der Waals surface area contributed by atoms with Crippen LogP contribution in [0.15, 0.2) is 42.5 Å². The maximum atomic E-state index is 14.3. The molecular formula is C17H18FNO. The van der Waals surface area contributed by atoms with Gasteiger partial charge in [-0.2, -0.15) is 0 Å². The molecule has 0 bridgehead atoms. The van der Waals surface area contributed by atoms with Crippen molar-refractivity contribution in [3.8, 4) is 16.9 Å². The van der Waals surface area contributed by atoms with Gasteiger partial charge in [0.2, 0.25) is 0 Å². The highest BCUT2D eigenvalue weighted by Crippen LogP contribution is 2.31. The number of para-hydroxylation sites is 1. The van der Waals surface area contributed by atoms with Crippen LogP contribution in [0.3, 0.4) is 0 Å². The van der Waals surface area contributed by atoms with Crippen LogP contribution in [0, 0.1) is 5.82 Å². The summed E-state index contributed by atoms with van der Waals surface area (Å²) in [6.45, 7) is 0.730. The van der Waals surface area contributed by atoms with Gasteiger partial charge in [0.25, 0.3) is 0 Å². The van der Waals surface area contributed by atoms with E-state index in [1.807, 2.05) is 36.4 Å². The summed E-state index contributed by atoms with van der Waals surface area (Å²) in [5.74, 6) is 0.486. The Bertz CT molecular complexity index is 608. The number of halogens is 1. The number of methoxy groups -OCH3 is 1. The minimum Gasteiger partial charge on any atom is -0.496 e. The van der Waals surface area contributed by atoms with Crippen LogP contribution in [0.1, 0.15) is 18.4 Å². The third-order valence-corrected chi connectivity index (χ3v) is 3.60. The molecule has 3 heteroatoms. The smallest absolute Gasteiger partial charge is 0.131 e. The molecule has 0 heterocycles. The second-order valence-electron chi connectivity index (χ2n) is 5.17. The highest BCUT2D eigenvalue weighted by atomic mass is 19.1. The summed E-state index contributed by atoms with van der Waals surface area (Å²) in [5, 5.41) is 3.39. The number of rotatable bonds is 5. The van der Waals surface area contributed by atoms with Gasteiger partial charge in [-0.25, -0.2) is 4.39 Å². The average molecular weight is 271 g/mol. The summed E-state index contributed by atoms with van der Waals surface area (Å²) in [6.07, 6.45) is 2.48. The molecule has 1 aliphatic carbocycles. The second-order valence-corrected chi connectivity index (χ2v) is 5.17. The van der Waals surface area contributed by atoms with Crippen molar-refractivity contribution in [2.45, 2.75) is 25.4 Å². The zero-order chi connectivity index (χ0) is 13.9. The van der Waals surface area contributed by atoms with E-state index in [1.165, 1.54) is 12.8 Å². The predicted molar refractivity (Wildman–Crippen MR) is 78.2 cm³/mol. The van der Waals surface area contributed by atoms with Crippen molar-refractivity contribution < 1.29 is 9.13 Å². The van der Waals surface area contributed by atoms with E-state index in [-0.39, 0.29) is 5.82 Å². The van der Waals surface area contributed by atoms with Crippen LogP contribution < -0.4 is 10.1 Å². The van der Waals surface area contributed by atoms with Crippen LogP contribution in [-0.4, -0.2) is 13.2 Å². The third kappa shape index (κ3) is 2.83. The molecule has 0 atom stereocenters. The monoisotopic (exact) mass is 271 g/mol. The molecule has 1 fully saturated rings. The van der Waals surface area contributed by atoms with Crippen molar-refractivity contribution in [3.05, 3.63) is 53.8 Å². The van der Waals surface area contributed by atoms with E-state index < -0.39 is 0 Å². The van der Waals surface area contributed by atoms with Crippen molar-refractivity contribution in [1.82, 2.24) is 5.32 Å². The SMILES string of the molecule is COc1ccccc1-c1ccc(CNC2CC2)cc1F. The number of nitrogens with one attached hydrogen (secondary N) is 1. The largest absolute Gasteiger partial charge is 0.496 e. The number of ether oxygens (including phenoxy) is 1. The molecule has 1 aliphatic rings. The molecular weight excluding hydrogens is 253 g/mol. The van der Waals surface area contributed by atoms with Gasteiger partial charge in [-0.1, -0.05) is 30.3 Å². The topological polar surface area (TPSA) is 21.3 Å². The van der Waals surface area contributed by atoms with Crippen molar-refractivity contribution in [3.63, 3.8) is 0 Å². The Morgan fingerprint density at radius 1 is 1.15 bits per heavy atom. The molecule has 20 heavy (non-hydrogen) atoms. The lowest BCUT2D eigenvalue weighted by atomic mass is 10.0. The van der Waals surface area contributed by atoms with E-state index in [1.54, 1.807) is 13.2 Å². The van der Waals surface area contributed by atoms with Gasteiger partial charge in [0.15, 0.2) is 0 Å². The van der Waals surface area contributed by atoms with Crippen LogP contribution in [0.4, 0.5) is 4.39 Å². The summed E-state index contributed by atoms with van der Waals surface area (Å²) in [7, 11) is 1.60. The third-order valence-electron chi connectivity index (χ3n) is 3.60. The van der Waals surface area contributed by atoms with Gasteiger partial charge < -0.3 is 10.1 Å². The van der Waals surface area contributed by atoms with E-state index >= 15 is 0 Å². The summed E-state index contributed by atoms with van der Waals surface area (Å²) in [4.78, 5) is 0. The predicted octanol–water partition coefficient (Wildman–Crippen LogP) is 3.75. The lowest BCUT2D eigenvalue weighted by molar-refractivity contribution is 0.416. The molecule has 0 unspecified atom stereocenters. The average Bonchev–Trinajstić information content (AvgIpc) is 3.29. The Morgan fingerprint density at radius 3 is 2.65 bits per heavy atom. The fourth-order valence-corrected chi connectivity index (χ4v) is 2.30.